The summed E-state index contributed by atoms with van der Waals surface area (Å²) < 4.78 is 0. The molecular weight excluding hydrogens is 144 g/mol. The second-order valence-electron chi connectivity index (χ2n) is 3.27. The Labute approximate surface area is 73.2 Å². The van der Waals surface area contributed by atoms with Gasteiger partial charge in [-0.1, -0.05) is 30.8 Å². The van der Waals surface area contributed by atoms with Gasteiger partial charge >= 0.3 is 0 Å². The van der Waals surface area contributed by atoms with Crippen LogP contribution in [0.15, 0.2) is 36.4 Å². The lowest BCUT2D eigenvalue weighted by atomic mass is 10.1. The van der Waals surface area contributed by atoms with E-state index in [1.165, 1.54) is 27.8 Å². The zero-order valence-electron chi connectivity index (χ0n) is 7.52. The molecule has 12 heavy (non-hydrogen) atoms. The summed E-state index contributed by atoms with van der Waals surface area (Å²) in [5.41, 5.74) is 6.53. The second-order valence-corrected chi connectivity index (χ2v) is 3.27. The molecule has 60 valence electrons. The SMILES string of the molecule is C=C1C(C)=C(C)c2ccccc21. The Morgan fingerprint density at radius 3 is 2.08 bits per heavy atom. The van der Waals surface area contributed by atoms with E-state index in [1.807, 2.05) is 0 Å². The van der Waals surface area contributed by atoms with Crippen LogP contribution in [-0.2, 0) is 0 Å². The van der Waals surface area contributed by atoms with Gasteiger partial charge in [-0.3, -0.25) is 0 Å². The molecule has 0 spiro atoms. The molecule has 0 unspecified atom stereocenters. The van der Waals surface area contributed by atoms with Gasteiger partial charge in [-0.05, 0) is 41.7 Å². The Kier molecular flexibility index (Phi) is 1.44. The monoisotopic (exact) mass is 156 g/mol. The molecule has 0 nitrogen and oxygen atoms in total. The first-order valence-corrected chi connectivity index (χ1v) is 4.18. The summed E-state index contributed by atoms with van der Waals surface area (Å²) >= 11 is 0. The van der Waals surface area contributed by atoms with Gasteiger partial charge in [-0.25, -0.2) is 0 Å². The minimum Gasteiger partial charge on any atom is -0.0909 e. The van der Waals surface area contributed by atoms with E-state index < -0.39 is 0 Å². The number of allylic oxidation sites excluding steroid dienone is 3. The van der Waals surface area contributed by atoms with Gasteiger partial charge in [0.2, 0.25) is 0 Å². The Bertz CT molecular complexity index is 381. The van der Waals surface area contributed by atoms with Crippen molar-refractivity contribution in [2.75, 3.05) is 0 Å². The topological polar surface area (TPSA) is 0 Å². The van der Waals surface area contributed by atoms with Gasteiger partial charge in [0, 0.05) is 0 Å². The highest BCUT2D eigenvalue weighted by molar-refractivity contribution is 5.97. The molecule has 1 aliphatic carbocycles. The van der Waals surface area contributed by atoms with Crippen molar-refractivity contribution in [3.63, 3.8) is 0 Å². The average molecular weight is 156 g/mol. The van der Waals surface area contributed by atoms with Crippen molar-refractivity contribution in [2.24, 2.45) is 0 Å². The number of fused-ring (bicyclic) bond motifs is 1. The summed E-state index contributed by atoms with van der Waals surface area (Å²) in [4.78, 5) is 0. The van der Waals surface area contributed by atoms with Crippen molar-refractivity contribution < 1.29 is 0 Å². The molecule has 0 heterocycles. The van der Waals surface area contributed by atoms with Crippen LogP contribution in [0.25, 0.3) is 11.1 Å². The summed E-state index contributed by atoms with van der Waals surface area (Å²) in [6.45, 7) is 8.36. The van der Waals surface area contributed by atoms with Crippen LogP contribution in [0.3, 0.4) is 0 Å². The minimum absolute atomic E-state index is 1.18. The van der Waals surface area contributed by atoms with Gasteiger partial charge in [0.15, 0.2) is 0 Å². The maximum absolute atomic E-state index is 4.07. The number of benzene rings is 1. The molecule has 1 aromatic rings. The highest BCUT2D eigenvalue weighted by Crippen LogP contribution is 2.38. The molecule has 0 saturated heterocycles. The standard InChI is InChI=1S/C12H12/c1-8-9(2)11-6-4-5-7-12(11)10(8)3/h4-7H,2H2,1,3H3. The molecule has 0 radical (unpaired) electrons. The van der Waals surface area contributed by atoms with Crippen LogP contribution in [0.1, 0.15) is 25.0 Å². The Morgan fingerprint density at radius 1 is 0.917 bits per heavy atom. The molecular formula is C12H12. The third-order valence-corrected chi connectivity index (χ3v) is 2.67. The van der Waals surface area contributed by atoms with Crippen LogP contribution in [-0.4, -0.2) is 0 Å². The van der Waals surface area contributed by atoms with Crippen LogP contribution in [0.5, 0.6) is 0 Å². The molecule has 1 aromatic carbocycles. The molecule has 2 rings (SSSR count). The van der Waals surface area contributed by atoms with Gasteiger partial charge in [0.1, 0.15) is 0 Å². The highest BCUT2D eigenvalue weighted by atomic mass is 14.2. The van der Waals surface area contributed by atoms with Gasteiger partial charge in [0.25, 0.3) is 0 Å². The lowest BCUT2D eigenvalue weighted by molar-refractivity contribution is 1.55. The van der Waals surface area contributed by atoms with E-state index in [2.05, 4.69) is 44.7 Å². The predicted octanol–water partition coefficient (Wildman–Crippen LogP) is 3.51. The largest absolute Gasteiger partial charge is 0.0909 e. The van der Waals surface area contributed by atoms with E-state index in [9.17, 15) is 0 Å². The van der Waals surface area contributed by atoms with Crippen molar-refractivity contribution in [2.45, 2.75) is 13.8 Å². The van der Waals surface area contributed by atoms with Gasteiger partial charge in [0.05, 0.1) is 0 Å². The number of hydrogen-bond acceptors (Lipinski definition) is 0. The summed E-state index contributed by atoms with van der Waals surface area (Å²) in [5.74, 6) is 0. The van der Waals surface area contributed by atoms with Crippen LogP contribution < -0.4 is 0 Å². The van der Waals surface area contributed by atoms with Crippen molar-refractivity contribution in [1.82, 2.24) is 0 Å². The van der Waals surface area contributed by atoms with Crippen LogP contribution in [0, 0.1) is 0 Å². The molecule has 0 atom stereocenters. The van der Waals surface area contributed by atoms with E-state index in [-0.39, 0.29) is 0 Å². The quantitative estimate of drug-likeness (QED) is 0.539. The molecule has 0 bridgehead atoms. The third kappa shape index (κ3) is 0.781. The first kappa shape index (κ1) is 7.35. The number of rotatable bonds is 0. The van der Waals surface area contributed by atoms with Gasteiger partial charge in [-0.15, -0.1) is 0 Å². The summed E-state index contributed by atoms with van der Waals surface area (Å²) in [7, 11) is 0. The van der Waals surface area contributed by atoms with E-state index >= 15 is 0 Å². The fraction of sp³-hybridized carbons (Fsp3) is 0.167. The van der Waals surface area contributed by atoms with Crippen LogP contribution in [0.4, 0.5) is 0 Å². The Balaban J connectivity index is 2.73. The third-order valence-electron chi connectivity index (χ3n) is 2.67. The first-order valence-electron chi connectivity index (χ1n) is 4.18. The zero-order chi connectivity index (χ0) is 8.72. The van der Waals surface area contributed by atoms with E-state index in [0.29, 0.717) is 0 Å². The summed E-state index contributed by atoms with van der Waals surface area (Å²) in [6.07, 6.45) is 0. The smallest absolute Gasteiger partial charge is 0.0112 e. The molecule has 0 heteroatoms. The van der Waals surface area contributed by atoms with Crippen LogP contribution >= 0.6 is 0 Å². The lowest BCUT2D eigenvalue weighted by Crippen LogP contribution is -1.79. The van der Waals surface area contributed by atoms with Crippen molar-refractivity contribution in [3.05, 3.63) is 47.5 Å². The molecule has 0 N–H and O–H groups in total. The first-order chi connectivity index (χ1) is 5.72. The molecule has 0 amide bonds. The van der Waals surface area contributed by atoms with Crippen LogP contribution in [0.2, 0.25) is 0 Å². The maximum atomic E-state index is 4.07. The molecule has 0 saturated carbocycles. The predicted molar refractivity (Wildman–Crippen MR) is 53.7 cm³/mol. The van der Waals surface area contributed by atoms with E-state index in [4.69, 9.17) is 0 Å². The van der Waals surface area contributed by atoms with Gasteiger partial charge in [-0.2, -0.15) is 0 Å². The van der Waals surface area contributed by atoms with E-state index in [0.717, 1.165) is 0 Å². The summed E-state index contributed by atoms with van der Waals surface area (Å²) in [5, 5.41) is 0. The summed E-state index contributed by atoms with van der Waals surface area (Å²) in [6, 6.07) is 8.44. The Hall–Kier alpha value is -1.30. The number of hydrogen-bond donors (Lipinski definition) is 0. The zero-order valence-corrected chi connectivity index (χ0v) is 7.52. The van der Waals surface area contributed by atoms with Crippen molar-refractivity contribution >= 4 is 11.1 Å². The minimum atomic E-state index is 1.18. The van der Waals surface area contributed by atoms with Crippen molar-refractivity contribution in [3.8, 4) is 0 Å². The molecule has 1 aliphatic rings. The molecule has 0 aromatic heterocycles. The second kappa shape index (κ2) is 2.34. The fourth-order valence-corrected chi connectivity index (χ4v) is 1.70. The fourth-order valence-electron chi connectivity index (χ4n) is 1.70. The van der Waals surface area contributed by atoms with E-state index in [1.54, 1.807) is 0 Å². The van der Waals surface area contributed by atoms with Gasteiger partial charge < -0.3 is 0 Å². The average Bonchev–Trinajstić information content (AvgIpc) is 2.33. The molecule has 0 fully saturated rings. The highest BCUT2D eigenvalue weighted by Gasteiger charge is 2.17. The lowest BCUT2D eigenvalue weighted by Gasteiger charge is -1.98. The Morgan fingerprint density at radius 2 is 1.50 bits per heavy atom. The van der Waals surface area contributed by atoms with Crippen molar-refractivity contribution in [1.29, 1.82) is 0 Å². The molecule has 0 aliphatic heterocycles. The normalized spacial score (nSPS) is 15.3. The maximum Gasteiger partial charge on any atom is -0.0112 e.